The van der Waals surface area contributed by atoms with Gasteiger partial charge in [0.1, 0.15) is 6.73 Å². The molecule has 0 radical (unpaired) electrons. The van der Waals surface area contributed by atoms with Gasteiger partial charge in [-0.05, 0) is 13.0 Å². The second kappa shape index (κ2) is 5.33. The van der Waals surface area contributed by atoms with E-state index in [0.717, 1.165) is 11.0 Å². The Bertz CT molecular complexity index is 633. The van der Waals surface area contributed by atoms with Crippen LogP contribution in [0.3, 0.4) is 0 Å². The van der Waals surface area contributed by atoms with E-state index in [2.05, 4.69) is 31.5 Å². The lowest BCUT2D eigenvalue weighted by molar-refractivity contribution is -0.384. The van der Waals surface area contributed by atoms with E-state index in [9.17, 15) is 10.1 Å². The van der Waals surface area contributed by atoms with Crippen LogP contribution in [0.1, 0.15) is 6.92 Å². The van der Waals surface area contributed by atoms with E-state index in [0.29, 0.717) is 6.73 Å². The maximum Gasteiger partial charge on any atom is 0.271 e. The first-order valence-electron chi connectivity index (χ1n) is 6.50. The molecule has 0 saturated heterocycles. The zero-order valence-corrected chi connectivity index (χ0v) is 13.2. The maximum absolute atomic E-state index is 10.8. The van der Waals surface area contributed by atoms with Crippen molar-refractivity contribution in [2.75, 3.05) is 0 Å². The first kappa shape index (κ1) is 14.7. The second-order valence-corrected chi connectivity index (χ2v) is 11.5. The minimum atomic E-state index is -1.35. The molecule has 2 aromatic rings. The van der Waals surface area contributed by atoms with Crippen molar-refractivity contribution in [1.29, 1.82) is 0 Å². The summed E-state index contributed by atoms with van der Waals surface area (Å²) in [5, 5.41) is 10.8. The summed E-state index contributed by atoms with van der Waals surface area (Å²) in [4.78, 5) is 14.7. The molecule has 108 valence electrons. The van der Waals surface area contributed by atoms with Gasteiger partial charge in [-0.25, -0.2) is 4.98 Å². The van der Waals surface area contributed by atoms with E-state index >= 15 is 0 Å². The average Bonchev–Trinajstić information content (AvgIpc) is 2.76. The molecule has 0 fully saturated rings. The summed E-state index contributed by atoms with van der Waals surface area (Å²) in [5.41, 5.74) is 1.73. The number of hydrogen-bond donors (Lipinski definition) is 0. The number of imidazole rings is 1. The van der Waals surface area contributed by atoms with Crippen molar-refractivity contribution < 1.29 is 9.66 Å². The minimum Gasteiger partial charge on any atom is -0.361 e. The van der Waals surface area contributed by atoms with E-state index in [4.69, 9.17) is 4.74 Å². The van der Waals surface area contributed by atoms with Crippen LogP contribution < -0.4 is 0 Å². The van der Waals surface area contributed by atoms with Crippen LogP contribution in [0.2, 0.25) is 19.6 Å². The van der Waals surface area contributed by atoms with Crippen LogP contribution in [-0.4, -0.2) is 28.3 Å². The first-order chi connectivity index (χ1) is 9.29. The molecular formula is C13H19N3O3Si. The van der Waals surface area contributed by atoms with E-state index in [1.807, 2.05) is 0 Å². The number of nitro groups is 1. The average molecular weight is 293 g/mol. The summed E-state index contributed by atoms with van der Waals surface area (Å²) < 4.78 is 7.68. The Morgan fingerprint density at radius 2 is 2.15 bits per heavy atom. The van der Waals surface area contributed by atoms with Crippen LogP contribution in [0.4, 0.5) is 5.69 Å². The van der Waals surface area contributed by atoms with Crippen LogP contribution >= 0.6 is 0 Å². The smallest absolute Gasteiger partial charge is 0.271 e. The highest BCUT2D eigenvalue weighted by Gasteiger charge is 2.23. The number of non-ortho nitro benzene ring substituents is 1. The van der Waals surface area contributed by atoms with Crippen molar-refractivity contribution in [2.45, 2.75) is 39.0 Å². The Labute approximate surface area is 118 Å². The van der Waals surface area contributed by atoms with E-state index in [1.165, 1.54) is 12.1 Å². The van der Waals surface area contributed by atoms with Crippen molar-refractivity contribution in [2.24, 2.45) is 0 Å². The Hall–Kier alpha value is -1.73. The van der Waals surface area contributed by atoms with Gasteiger partial charge in [0.2, 0.25) is 0 Å². The number of nitrogens with zero attached hydrogens (tertiary/aromatic N) is 3. The van der Waals surface area contributed by atoms with Crippen molar-refractivity contribution in [3.8, 4) is 0 Å². The molecule has 6 nitrogen and oxygen atoms in total. The zero-order chi connectivity index (χ0) is 14.9. The molecule has 0 N–H and O–H groups in total. The molecule has 1 heterocycles. The molecule has 1 aromatic heterocycles. The third kappa shape index (κ3) is 3.05. The molecule has 0 amide bonds. The third-order valence-electron chi connectivity index (χ3n) is 3.50. The number of benzene rings is 1. The predicted octanol–water partition coefficient (Wildman–Crippen LogP) is 3.18. The summed E-state index contributed by atoms with van der Waals surface area (Å²) >= 11 is 0. The molecule has 0 aliphatic carbocycles. The lowest BCUT2D eigenvalue weighted by atomic mass is 10.3. The van der Waals surface area contributed by atoms with Gasteiger partial charge >= 0.3 is 0 Å². The Morgan fingerprint density at radius 3 is 2.75 bits per heavy atom. The fourth-order valence-corrected chi connectivity index (χ4v) is 2.28. The lowest BCUT2D eigenvalue weighted by Crippen LogP contribution is -2.38. The molecule has 7 heteroatoms. The van der Waals surface area contributed by atoms with Gasteiger partial charge in [0, 0.05) is 17.9 Å². The quantitative estimate of drug-likeness (QED) is 0.482. The van der Waals surface area contributed by atoms with Crippen molar-refractivity contribution >= 4 is 24.8 Å². The van der Waals surface area contributed by atoms with Gasteiger partial charge in [-0.1, -0.05) is 19.6 Å². The second-order valence-electron chi connectivity index (χ2n) is 5.95. The Kier molecular flexibility index (Phi) is 3.91. The monoisotopic (exact) mass is 293 g/mol. The molecule has 0 saturated carbocycles. The third-order valence-corrected chi connectivity index (χ3v) is 6.10. The fraction of sp³-hybridized carbons (Fsp3) is 0.462. The Balaban J connectivity index is 2.22. The number of rotatable bonds is 5. The highest BCUT2D eigenvalue weighted by atomic mass is 28.3. The number of nitro benzene ring substituents is 1. The molecule has 0 aliphatic rings. The number of ether oxygens (including phenoxy) is 1. The summed E-state index contributed by atoms with van der Waals surface area (Å²) in [6.45, 7) is 9.18. The fourth-order valence-electron chi connectivity index (χ4n) is 1.70. The zero-order valence-electron chi connectivity index (χ0n) is 12.2. The largest absolute Gasteiger partial charge is 0.361 e. The van der Waals surface area contributed by atoms with Crippen LogP contribution in [0.15, 0.2) is 24.5 Å². The first-order valence-corrected chi connectivity index (χ1v) is 10.1. The van der Waals surface area contributed by atoms with Gasteiger partial charge in [-0.2, -0.15) is 0 Å². The SMILES string of the molecule is CC(OCn1cnc2ccc([N+](=O)[O-])cc21)[Si](C)(C)C. The Morgan fingerprint density at radius 1 is 1.45 bits per heavy atom. The molecule has 0 aliphatic heterocycles. The van der Waals surface area contributed by atoms with E-state index in [-0.39, 0.29) is 11.4 Å². The molecule has 2 rings (SSSR count). The standard InChI is InChI=1S/C13H19N3O3Si/c1-10(20(2,3)4)19-9-15-8-14-12-6-5-11(16(17)18)7-13(12)15/h5-8,10H,9H2,1-4H3. The number of hydrogen-bond acceptors (Lipinski definition) is 4. The highest BCUT2D eigenvalue weighted by molar-refractivity contribution is 6.77. The van der Waals surface area contributed by atoms with E-state index in [1.54, 1.807) is 17.0 Å². The normalized spacial score (nSPS) is 13.6. The van der Waals surface area contributed by atoms with Crippen molar-refractivity contribution in [3.05, 3.63) is 34.6 Å². The van der Waals surface area contributed by atoms with Gasteiger partial charge in [-0.3, -0.25) is 10.1 Å². The van der Waals surface area contributed by atoms with Gasteiger partial charge in [0.15, 0.2) is 0 Å². The van der Waals surface area contributed by atoms with Crippen molar-refractivity contribution in [1.82, 2.24) is 9.55 Å². The highest BCUT2D eigenvalue weighted by Crippen LogP contribution is 2.20. The summed E-state index contributed by atoms with van der Waals surface area (Å²) in [5.74, 6) is 0. The number of fused-ring (bicyclic) bond motifs is 1. The molecule has 0 bridgehead atoms. The van der Waals surface area contributed by atoms with E-state index < -0.39 is 13.0 Å². The molecule has 20 heavy (non-hydrogen) atoms. The minimum absolute atomic E-state index is 0.0671. The van der Waals surface area contributed by atoms with Crippen LogP contribution in [0.5, 0.6) is 0 Å². The lowest BCUT2D eigenvalue weighted by Gasteiger charge is -2.25. The number of aromatic nitrogens is 2. The molecule has 0 spiro atoms. The molecular weight excluding hydrogens is 274 g/mol. The van der Waals surface area contributed by atoms with Gasteiger partial charge in [0.25, 0.3) is 5.69 Å². The molecule has 1 aromatic carbocycles. The molecule has 1 unspecified atom stereocenters. The van der Waals surface area contributed by atoms with Crippen molar-refractivity contribution in [3.63, 3.8) is 0 Å². The van der Waals surface area contributed by atoms with Gasteiger partial charge in [-0.15, -0.1) is 0 Å². The predicted molar refractivity (Wildman–Crippen MR) is 80.3 cm³/mol. The summed E-state index contributed by atoms with van der Waals surface area (Å²) in [6.07, 6.45) is 1.66. The van der Waals surface area contributed by atoms with Crippen LogP contribution in [0, 0.1) is 10.1 Å². The van der Waals surface area contributed by atoms with Gasteiger partial charge in [0.05, 0.1) is 30.4 Å². The summed E-state index contributed by atoms with van der Waals surface area (Å²) in [7, 11) is -1.35. The molecule has 1 atom stereocenters. The van der Waals surface area contributed by atoms with Crippen LogP contribution in [-0.2, 0) is 11.5 Å². The van der Waals surface area contributed by atoms with Crippen LogP contribution in [0.25, 0.3) is 11.0 Å². The van der Waals surface area contributed by atoms with Gasteiger partial charge < -0.3 is 9.30 Å². The topological polar surface area (TPSA) is 70.2 Å². The summed E-state index contributed by atoms with van der Waals surface area (Å²) in [6, 6.07) is 4.65. The maximum atomic E-state index is 10.8.